The number of furan rings is 1. The van der Waals surface area contributed by atoms with Gasteiger partial charge >= 0.3 is 0 Å². The number of nitrogens with zero attached hydrogens (tertiary/aromatic N) is 1. The van der Waals surface area contributed by atoms with E-state index in [4.69, 9.17) is 9.15 Å². The number of likely N-dealkylation sites (tertiary alicyclic amines) is 1. The Kier molecular flexibility index (Phi) is 4.20. The zero-order chi connectivity index (χ0) is 18.3. The lowest BCUT2D eigenvalue weighted by Crippen LogP contribution is -2.36. The Morgan fingerprint density at radius 2 is 2.15 bits per heavy atom. The predicted octanol–water partition coefficient (Wildman–Crippen LogP) is 3.13. The summed E-state index contributed by atoms with van der Waals surface area (Å²) in [7, 11) is 0. The van der Waals surface area contributed by atoms with E-state index in [0.29, 0.717) is 6.54 Å². The molecule has 2 aromatic rings. The van der Waals surface area contributed by atoms with Gasteiger partial charge in [0.05, 0.1) is 19.4 Å². The zero-order valence-electron chi connectivity index (χ0n) is 15.6. The van der Waals surface area contributed by atoms with Crippen molar-refractivity contribution in [3.63, 3.8) is 0 Å². The van der Waals surface area contributed by atoms with E-state index in [1.54, 1.807) is 6.26 Å². The van der Waals surface area contributed by atoms with Crippen LogP contribution in [-0.4, -0.2) is 30.5 Å². The number of fused-ring (bicyclic) bond motifs is 1. The maximum Gasteiger partial charge on any atom is 0.224 e. The van der Waals surface area contributed by atoms with E-state index >= 15 is 0 Å². The molecule has 5 rings (SSSR count). The summed E-state index contributed by atoms with van der Waals surface area (Å²) in [5.41, 5.74) is 2.96. The van der Waals surface area contributed by atoms with Crippen molar-refractivity contribution in [1.82, 2.24) is 10.2 Å². The quantitative estimate of drug-likeness (QED) is 0.883. The Hall–Kier alpha value is -2.27. The molecule has 3 aliphatic rings. The van der Waals surface area contributed by atoms with Gasteiger partial charge in [0.2, 0.25) is 5.91 Å². The van der Waals surface area contributed by atoms with Crippen molar-refractivity contribution in [2.45, 2.75) is 38.8 Å². The van der Waals surface area contributed by atoms with Crippen molar-refractivity contribution in [1.29, 1.82) is 0 Å². The molecule has 1 aromatic carbocycles. The molecule has 1 spiro atoms. The van der Waals surface area contributed by atoms with Crippen molar-refractivity contribution in [2.75, 3.05) is 19.7 Å². The third-order valence-electron chi connectivity index (χ3n) is 6.54. The molecule has 1 saturated heterocycles. The molecule has 1 aliphatic carbocycles. The van der Waals surface area contributed by atoms with Gasteiger partial charge < -0.3 is 14.5 Å². The average Bonchev–Trinajstić information content (AvgIpc) is 3.07. The minimum absolute atomic E-state index is 0.187. The molecule has 1 saturated carbocycles. The number of ether oxygens (including phenoxy) is 1. The molecular weight excluding hydrogens is 340 g/mol. The Labute approximate surface area is 159 Å². The average molecular weight is 366 g/mol. The monoisotopic (exact) mass is 366 g/mol. The molecule has 1 atom stereocenters. The van der Waals surface area contributed by atoms with Gasteiger partial charge in [-0.1, -0.05) is 12.1 Å². The number of amides is 1. The normalized spacial score (nSPS) is 23.0. The van der Waals surface area contributed by atoms with Gasteiger partial charge in [0.1, 0.15) is 11.5 Å². The Morgan fingerprint density at radius 3 is 2.96 bits per heavy atom. The fourth-order valence-corrected chi connectivity index (χ4v) is 4.73. The maximum absolute atomic E-state index is 12.5. The third kappa shape index (κ3) is 3.36. The first-order valence-corrected chi connectivity index (χ1v) is 9.99. The highest BCUT2D eigenvalue weighted by molar-refractivity contribution is 5.82. The third-order valence-corrected chi connectivity index (χ3v) is 6.54. The molecule has 0 radical (unpaired) electrons. The molecule has 0 bridgehead atoms. The molecule has 1 amide bonds. The summed E-state index contributed by atoms with van der Waals surface area (Å²) in [6, 6.07) is 10.4. The molecule has 2 aliphatic heterocycles. The predicted molar refractivity (Wildman–Crippen MR) is 101 cm³/mol. The van der Waals surface area contributed by atoms with Crippen LogP contribution >= 0.6 is 0 Å². The lowest BCUT2D eigenvalue weighted by Gasteiger charge is -2.33. The Morgan fingerprint density at radius 1 is 1.26 bits per heavy atom. The Bertz CT molecular complexity index is 822. The second-order valence-electron chi connectivity index (χ2n) is 8.23. The number of piperidine rings is 1. The minimum atomic E-state index is 0.187. The summed E-state index contributed by atoms with van der Waals surface area (Å²) in [6.45, 7) is 4.46. The number of benzene rings is 1. The summed E-state index contributed by atoms with van der Waals surface area (Å²) in [6.07, 6.45) is 5.96. The van der Waals surface area contributed by atoms with E-state index in [0.717, 1.165) is 63.4 Å². The topological polar surface area (TPSA) is 54.7 Å². The summed E-state index contributed by atoms with van der Waals surface area (Å²) in [5, 5.41) is 3.04. The first-order valence-electron chi connectivity index (χ1n) is 9.99. The number of carbonyl (C=O) groups is 1. The van der Waals surface area contributed by atoms with E-state index in [1.165, 1.54) is 11.1 Å². The van der Waals surface area contributed by atoms with Gasteiger partial charge in [0.15, 0.2) is 0 Å². The van der Waals surface area contributed by atoms with E-state index in [9.17, 15) is 4.79 Å². The molecule has 2 fully saturated rings. The number of nitrogens with one attached hydrogen (secondary N) is 1. The molecule has 5 heteroatoms. The number of hydrogen-bond acceptors (Lipinski definition) is 4. The van der Waals surface area contributed by atoms with E-state index < -0.39 is 0 Å². The molecular formula is C22H26N2O3. The van der Waals surface area contributed by atoms with Crippen LogP contribution in [0.15, 0.2) is 41.0 Å². The van der Waals surface area contributed by atoms with Gasteiger partial charge in [-0.05, 0) is 67.1 Å². The van der Waals surface area contributed by atoms with Crippen molar-refractivity contribution < 1.29 is 13.9 Å². The standard InChI is InChI=1S/C22H26N2O3/c25-21(23-14-18-2-1-10-26-18)19-13-22(19)6-8-24(9-7-22)15-16-3-4-20-17(12-16)5-11-27-20/h1-4,10,12,19H,5-9,11,13-15H2,(H,23,25). The summed E-state index contributed by atoms with van der Waals surface area (Å²) in [5.74, 6) is 2.25. The number of carbonyl (C=O) groups excluding carboxylic acids is 1. The van der Waals surface area contributed by atoms with E-state index in [1.807, 2.05) is 12.1 Å². The molecule has 3 heterocycles. The summed E-state index contributed by atoms with van der Waals surface area (Å²) >= 11 is 0. The van der Waals surface area contributed by atoms with Crippen molar-refractivity contribution >= 4 is 5.91 Å². The molecule has 27 heavy (non-hydrogen) atoms. The van der Waals surface area contributed by atoms with Gasteiger partial charge in [-0.15, -0.1) is 0 Å². The van der Waals surface area contributed by atoms with Gasteiger partial charge in [-0.25, -0.2) is 0 Å². The zero-order valence-corrected chi connectivity index (χ0v) is 15.6. The summed E-state index contributed by atoms with van der Waals surface area (Å²) < 4.78 is 10.9. The fourth-order valence-electron chi connectivity index (χ4n) is 4.73. The van der Waals surface area contributed by atoms with Crippen LogP contribution < -0.4 is 10.1 Å². The highest BCUT2D eigenvalue weighted by Gasteiger charge is 2.58. The van der Waals surface area contributed by atoms with Crippen LogP contribution in [0.25, 0.3) is 0 Å². The first-order chi connectivity index (χ1) is 13.2. The lowest BCUT2D eigenvalue weighted by molar-refractivity contribution is -0.123. The van der Waals surface area contributed by atoms with Gasteiger partial charge in [-0.3, -0.25) is 9.69 Å². The maximum atomic E-state index is 12.5. The summed E-state index contributed by atoms with van der Waals surface area (Å²) in [4.78, 5) is 15.0. The molecule has 5 nitrogen and oxygen atoms in total. The van der Waals surface area contributed by atoms with E-state index in [-0.39, 0.29) is 17.2 Å². The van der Waals surface area contributed by atoms with Crippen LogP contribution in [0.1, 0.15) is 36.1 Å². The van der Waals surface area contributed by atoms with Crippen LogP contribution in [0.5, 0.6) is 5.75 Å². The molecule has 1 N–H and O–H groups in total. The fraction of sp³-hybridized carbons (Fsp3) is 0.500. The second-order valence-corrected chi connectivity index (χ2v) is 8.23. The molecule has 1 aromatic heterocycles. The highest BCUT2D eigenvalue weighted by atomic mass is 16.5. The first kappa shape index (κ1) is 16.9. The van der Waals surface area contributed by atoms with Crippen LogP contribution in [0.2, 0.25) is 0 Å². The molecule has 142 valence electrons. The van der Waals surface area contributed by atoms with Gasteiger partial charge in [-0.2, -0.15) is 0 Å². The SMILES string of the molecule is O=C(NCc1ccco1)C1CC12CCN(Cc1ccc3c(c1)CCO3)CC2. The van der Waals surface area contributed by atoms with Crippen molar-refractivity contribution in [3.8, 4) is 5.75 Å². The van der Waals surface area contributed by atoms with E-state index in [2.05, 4.69) is 28.4 Å². The molecule has 1 unspecified atom stereocenters. The van der Waals surface area contributed by atoms with Crippen LogP contribution in [-0.2, 0) is 24.3 Å². The minimum Gasteiger partial charge on any atom is -0.493 e. The van der Waals surface area contributed by atoms with Gasteiger partial charge in [0, 0.05) is 18.9 Å². The smallest absolute Gasteiger partial charge is 0.224 e. The van der Waals surface area contributed by atoms with Crippen molar-refractivity contribution in [2.24, 2.45) is 11.3 Å². The van der Waals surface area contributed by atoms with Crippen molar-refractivity contribution in [3.05, 3.63) is 53.5 Å². The highest BCUT2D eigenvalue weighted by Crippen LogP contribution is 2.59. The van der Waals surface area contributed by atoms with Crippen LogP contribution in [0, 0.1) is 11.3 Å². The largest absolute Gasteiger partial charge is 0.493 e. The van der Waals surface area contributed by atoms with Gasteiger partial charge in [0.25, 0.3) is 0 Å². The van der Waals surface area contributed by atoms with Crippen LogP contribution in [0.4, 0.5) is 0 Å². The Balaban J connectivity index is 1.11. The number of rotatable bonds is 5. The second kappa shape index (κ2) is 6.71. The number of hydrogen-bond donors (Lipinski definition) is 1. The lowest BCUT2D eigenvalue weighted by atomic mass is 9.90. The van der Waals surface area contributed by atoms with Crippen LogP contribution in [0.3, 0.4) is 0 Å².